The Hall–Kier alpha value is -1.64. The molecule has 1 unspecified atom stereocenters. The van der Waals surface area contributed by atoms with Crippen LogP contribution in [-0.4, -0.2) is 5.11 Å². The molecule has 2 heteroatoms. The molecule has 1 nitrogen and oxygen atoms in total. The van der Waals surface area contributed by atoms with E-state index in [9.17, 15) is 5.11 Å². The molecule has 0 aliphatic heterocycles. The van der Waals surface area contributed by atoms with Gasteiger partial charge in [0.15, 0.2) is 0 Å². The molecule has 0 saturated carbocycles. The summed E-state index contributed by atoms with van der Waals surface area (Å²) in [5.74, 6) is 0. The van der Waals surface area contributed by atoms with E-state index >= 15 is 0 Å². The highest BCUT2D eigenvalue weighted by molar-refractivity contribution is 7.17. The summed E-state index contributed by atoms with van der Waals surface area (Å²) in [6.45, 7) is 0. The number of fused-ring (bicyclic) bond motifs is 2. The van der Waals surface area contributed by atoms with Gasteiger partial charge in [0.25, 0.3) is 0 Å². The molecule has 20 heavy (non-hydrogen) atoms. The van der Waals surface area contributed by atoms with Crippen LogP contribution in [0.15, 0.2) is 47.8 Å². The quantitative estimate of drug-likeness (QED) is 0.734. The third-order valence-electron chi connectivity index (χ3n) is 4.24. The Labute approximate surface area is 122 Å². The molecule has 0 bridgehead atoms. The van der Waals surface area contributed by atoms with E-state index in [-0.39, 0.29) is 0 Å². The van der Waals surface area contributed by atoms with Gasteiger partial charge in [0.1, 0.15) is 6.10 Å². The van der Waals surface area contributed by atoms with E-state index in [2.05, 4.69) is 35.7 Å². The Morgan fingerprint density at radius 3 is 2.80 bits per heavy atom. The summed E-state index contributed by atoms with van der Waals surface area (Å²) in [5, 5.41) is 14.0. The number of rotatable bonds is 2. The molecule has 3 aromatic rings. The summed E-state index contributed by atoms with van der Waals surface area (Å²) in [4.78, 5) is 0. The minimum absolute atomic E-state index is 0.517. The van der Waals surface area contributed by atoms with Gasteiger partial charge < -0.3 is 5.11 Å². The van der Waals surface area contributed by atoms with Crippen molar-refractivity contribution < 1.29 is 5.11 Å². The molecule has 2 aromatic carbocycles. The zero-order valence-corrected chi connectivity index (χ0v) is 12.0. The van der Waals surface area contributed by atoms with Crippen molar-refractivity contribution in [3.63, 3.8) is 0 Å². The lowest BCUT2D eigenvalue weighted by atomic mass is 9.97. The second-order valence-electron chi connectivity index (χ2n) is 5.47. The third-order valence-corrected chi connectivity index (χ3v) is 5.23. The lowest BCUT2D eigenvalue weighted by Crippen LogP contribution is -1.99. The second kappa shape index (κ2) is 4.72. The van der Waals surface area contributed by atoms with Crippen LogP contribution in [0, 0.1) is 0 Å². The molecule has 0 saturated heterocycles. The predicted octanol–water partition coefficient (Wildman–Crippen LogP) is 4.47. The molecule has 0 radical (unpaired) electrons. The molecule has 0 amide bonds. The van der Waals surface area contributed by atoms with E-state index in [4.69, 9.17) is 0 Å². The Kier molecular flexibility index (Phi) is 2.86. The second-order valence-corrected chi connectivity index (χ2v) is 6.38. The molecule has 0 fully saturated rings. The topological polar surface area (TPSA) is 20.2 Å². The van der Waals surface area contributed by atoms with Gasteiger partial charge in [0.2, 0.25) is 0 Å². The molecule has 0 spiro atoms. The maximum atomic E-state index is 10.7. The first-order valence-corrected chi connectivity index (χ1v) is 7.97. The highest BCUT2D eigenvalue weighted by Crippen LogP contribution is 2.34. The molecular weight excluding hydrogens is 264 g/mol. The highest BCUT2D eigenvalue weighted by atomic mass is 32.1. The summed E-state index contributed by atoms with van der Waals surface area (Å²) in [6, 6.07) is 14.8. The van der Waals surface area contributed by atoms with Gasteiger partial charge in [-0.05, 0) is 52.8 Å². The fraction of sp³-hybridized carbons (Fsp3) is 0.222. The Morgan fingerprint density at radius 1 is 1.00 bits per heavy atom. The van der Waals surface area contributed by atoms with Crippen molar-refractivity contribution in [2.45, 2.75) is 25.4 Å². The van der Waals surface area contributed by atoms with E-state index in [1.807, 2.05) is 12.1 Å². The molecule has 1 N–H and O–H groups in total. The smallest absolute Gasteiger partial charge is 0.105 e. The Balaban J connectivity index is 1.78. The molecule has 1 heterocycles. The molecule has 4 rings (SSSR count). The lowest BCUT2D eigenvalue weighted by Gasteiger charge is -2.12. The van der Waals surface area contributed by atoms with Gasteiger partial charge in [0.05, 0.1) is 0 Å². The van der Waals surface area contributed by atoms with Crippen molar-refractivity contribution in [2.75, 3.05) is 0 Å². The molecular formula is C18H16OS. The first kappa shape index (κ1) is 12.1. The minimum Gasteiger partial charge on any atom is -0.384 e. The van der Waals surface area contributed by atoms with Gasteiger partial charge in [-0.25, -0.2) is 0 Å². The maximum Gasteiger partial charge on any atom is 0.105 e. The minimum atomic E-state index is -0.517. The van der Waals surface area contributed by atoms with Crippen LogP contribution in [0.25, 0.3) is 10.1 Å². The fourth-order valence-corrected chi connectivity index (χ4v) is 4.13. The molecule has 1 aliphatic carbocycles. The van der Waals surface area contributed by atoms with Crippen molar-refractivity contribution in [3.05, 3.63) is 70.1 Å². The van der Waals surface area contributed by atoms with Gasteiger partial charge in [-0.1, -0.05) is 36.4 Å². The van der Waals surface area contributed by atoms with Gasteiger partial charge in [-0.2, -0.15) is 0 Å². The van der Waals surface area contributed by atoms with Crippen LogP contribution >= 0.6 is 11.3 Å². The van der Waals surface area contributed by atoms with E-state index in [0.29, 0.717) is 0 Å². The third kappa shape index (κ3) is 1.88. The SMILES string of the molecule is OC(c1ccc2c(c1)CCC2)c1csc2ccccc12. The molecule has 1 atom stereocenters. The standard InChI is InChI=1S/C18H16OS/c19-18(14-9-8-12-4-3-5-13(12)10-14)16-11-20-17-7-2-1-6-15(16)17/h1-2,6-11,18-19H,3-5H2. The van der Waals surface area contributed by atoms with Crippen molar-refractivity contribution in [1.29, 1.82) is 0 Å². The van der Waals surface area contributed by atoms with Crippen LogP contribution in [0.3, 0.4) is 0 Å². The van der Waals surface area contributed by atoms with Crippen molar-refractivity contribution in [3.8, 4) is 0 Å². The van der Waals surface area contributed by atoms with Crippen molar-refractivity contribution >= 4 is 21.4 Å². The largest absolute Gasteiger partial charge is 0.384 e. The summed E-state index contributed by atoms with van der Waals surface area (Å²) in [6.07, 6.45) is 3.07. The zero-order chi connectivity index (χ0) is 13.5. The highest BCUT2D eigenvalue weighted by Gasteiger charge is 2.18. The maximum absolute atomic E-state index is 10.7. The first-order chi connectivity index (χ1) is 9.83. The number of hydrogen-bond donors (Lipinski definition) is 1. The summed E-state index contributed by atoms with van der Waals surface area (Å²) < 4.78 is 1.24. The number of hydrogen-bond acceptors (Lipinski definition) is 2. The van der Waals surface area contributed by atoms with E-state index < -0.39 is 6.10 Å². The van der Waals surface area contributed by atoms with E-state index in [0.717, 1.165) is 17.5 Å². The van der Waals surface area contributed by atoms with Crippen molar-refractivity contribution in [2.24, 2.45) is 0 Å². The van der Waals surface area contributed by atoms with Gasteiger partial charge in [-0.15, -0.1) is 11.3 Å². The van der Waals surface area contributed by atoms with Crippen LogP contribution in [0.5, 0.6) is 0 Å². The fourth-order valence-electron chi connectivity index (χ4n) is 3.15. The van der Waals surface area contributed by atoms with Crippen molar-refractivity contribution in [1.82, 2.24) is 0 Å². The number of aliphatic hydroxyl groups is 1. The first-order valence-electron chi connectivity index (χ1n) is 7.09. The normalized spacial score (nSPS) is 15.4. The summed E-state index contributed by atoms with van der Waals surface area (Å²) in [7, 11) is 0. The molecule has 1 aliphatic rings. The number of benzene rings is 2. The Bertz CT molecular complexity index is 772. The summed E-state index contributed by atoms with van der Waals surface area (Å²) in [5.41, 5.74) is 4.93. The number of thiophene rings is 1. The van der Waals surface area contributed by atoms with Crippen LogP contribution in [0.1, 0.15) is 34.8 Å². The average Bonchev–Trinajstić information content (AvgIpc) is 3.12. The van der Waals surface area contributed by atoms with Gasteiger partial charge in [0, 0.05) is 10.3 Å². The summed E-state index contributed by atoms with van der Waals surface area (Å²) >= 11 is 1.70. The van der Waals surface area contributed by atoms with Crippen LogP contribution in [0.2, 0.25) is 0 Å². The van der Waals surface area contributed by atoms with E-state index in [1.165, 1.54) is 34.1 Å². The zero-order valence-electron chi connectivity index (χ0n) is 11.2. The number of aliphatic hydroxyl groups excluding tert-OH is 1. The van der Waals surface area contributed by atoms with Gasteiger partial charge >= 0.3 is 0 Å². The van der Waals surface area contributed by atoms with Gasteiger partial charge in [-0.3, -0.25) is 0 Å². The van der Waals surface area contributed by atoms with Crippen LogP contribution in [0.4, 0.5) is 0 Å². The number of aryl methyl sites for hydroxylation is 2. The molecule has 100 valence electrons. The predicted molar refractivity (Wildman–Crippen MR) is 84.4 cm³/mol. The Morgan fingerprint density at radius 2 is 1.85 bits per heavy atom. The van der Waals surface area contributed by atoms with Crippen LogP contribution in [-0.2, 0) is 12.8 Å². The van der Waals surface area contributed by atoms with E-state index in [1.54, 1.807) is 11.3 Å². The average molecular weight is 280 g/mol. The molecule has 1 aromatic heterocycles. The monoisotopic (exact) mass is 280 g/mol. The van der Waals surface area contributed by atoms with Crippen LogP contribution < -0.4 is 0 Å². The lowest BCUT2D eigenvalue weighted by molar-refractivity contribution is 0.222.